The van der Waals surface area contributed by atoms with Gasteiger partial charge in [0.25, 0.3) is 0 Å². The third-order valence-corrected chi connectivity index (χ3v) is 4.44. The van der Waals surface area contributed by atoms with Crippen molar-refractivity contribution in [2.45, 2.75) is 44.7 Å². The molecule has 5 nitrogen and oxygen atoms in total. The molecular formula is C15H27N3O2. The Labute approximate surface area is 121 Å². The molecule has 1 heterocycles. The molecular weight excluding hydrogens is 254 g/mol. The summed E-state index contributed by atoms with van der Waals surface area (Å²) in [7, 11) is 2.13. The number of likely N-dealkylation sites (N-methyl/N-ethyl adjacent to an activating group) is 1. The number of ether oxygens (including phenoxy) is 1. The molecule has 1 saturated carbocycles. The van der Waals surface area contributed by atoms with E-state index in [0.29, 0.717) is 11.5 Å². The number of hydroxylamine groups is 1. The predicted molar refractivity (Wildman–Crippen MR) is 80.2 cm³/mol. The molecule has 1 aliphatic carbocycles. The van der Waals surface area contributed by atoms with Crippen LogP contribution in [0.15, 0.2) is 17.3 Å². The van der Waals surface area contributed by atoms with Crippen LogP contribution in [0.5, 0.6) is 0 Å². The van der Waals surface area contributed by atoms with Gasteiger partial charge in [0.15, 0.2) is 0 Å². The zero-order valence-electron chi connectivity index (χ0n) is 12.9. The van der Waals surface area contributed by atoms with Gasteiger partial charge in [0.1, 0.15) is 0 Å². The van der Waals surface area contributed by atoms with Crippen LogP contribution >= 0.6 is 0 Å². The first-order valence-corrected chi connectivity index (χ1v) is 7.28. The zero-order chi connectivity index (χ0) is 14.8. The molecule has 1 spiro atoms. The second-order valence-electron chi connectivity index (χ2n) is 6.94. The lowest BCUT2D eigenvalue weighted by Crippen LogP contribution is -2.50. The minimum absolute atomic E-state index is 0.465. The second kappa shape index (κ2) is 5.93. The van der Waals surface area contributed by atoms with Gasteiger partial charge in [-0.1, -0.05) is 6.58 Å². The Balaban J connectivity index is 1.75. The highest BCUT2D eigenvalue weighted by Crippen LogP contribution is 2.49. The minimum Gasteiger partial charge on any atom is -0.381 e. The first kappa shape index (κ1) is 15.6. The molecule has 1 aliphatic heterocycles. The first-order chi connectivity index (χ1) is 9.36. The molecule has 1 saturated heterocycles. The number of nitrogens with zero attached hydrogens (tertiary/aromatic N) is 2. The number of hydrogen-bond acceptors (Lipinski definition) is 5. The lowest BCUT2D eigenvalue weighted by Gasteiger charge is -2.48. The van der Waals surface area contributed by atoms with Crippen molar-refractivity contribution in [1.29, 1.82) is 0 Å². The third-order valence-electron chi connectivity index (χ3n) is 4.44. The second-order valence-corrected chi connectivity index (χ2v) is 6.94. The van der Waals surface area contributed by atoms with E-state index in [4.69, 9.17) is 9.94 Å². The van der Waals surface area contributed by atoms with Crippen molar-refractivity contribution in [1.82, 2.24) is 10.4 Å². The van der Waals surface area contributed by atoms with E-state index in [0.717, 1.165) is 25.5 Å². The van der Waals surface area contributed by atoms with E-state index in [-0.39, 0.29) is 0 Å². The van der Waals surface area contributed by atoms with Gasteiger partial charge in [0, 0.05) is 31.1 Å². The Morgan fingerprint density at radius 1 is 1.60 bits per heavy atom. The van der Waals surface area contributed by atoms with Gasteiger partial charge in [-0.3, -0.25) is 9.89 Å². The van der Waals surface area contributed by atoms with Gasteiger partial charge in [-0.25, -0.2) is 0 Å². The molecule has 20 heavy (non-hydrogen) atoms. The quantitative estimate of drug-likeness (QED) is 0.576. The molecule has 114 valence electrons. The van der Waals surface area contributed by atoms with E-state index in [1.54, 1.807) is 6.21 Å². The molecule has 0 bridgehead atoms. The standard InChI is InChI=1S/C15H27N3O2/c1-12(16-10-14(2,3)17-19)9-18(4)13-7-15(8-13)5-6-20-11-15/h10,13,17,19H,1,5-9,11H2,2-4H3. The Morgan fingerprint density at radius 3 is 2.85 bits per heavy atom. The van der Waals surface area contributed by atoms with Crippen LogP contribution < -0.4 is 5.48 Å². The van der Waals surface area contributed by atoms with Crippen LogP contribution in [0, 0.1) is 5.41 Å². The lowest BCUT2D eigenvalue weighted by molar-refractivity contribution is 0.00854. The van der Waals surface area contributed by atoms with Gasteiger partial charge in [0.2, 0.25) is 0 Å². The SMILES string of the molecule is C=C(CN(C)C1CC2(CCOC2)C1)N=CC(C)(C)NO. The number of aliphatic imine (C=N–C) groups is 1. The van der Waals surface area contributed by atoms with Crippen LogP contribution in [0.3, 0.4) is 0 Å². The average Bonchev–Trinajstić information content (AvgIpc) is 2.84. The topological polar surface area (TPSA) is 57.1 Å². The van der Waals surface area contributed by atoms with Gasteiger partial charge in [0.05, 0.1) is 12.1 Å². The molecule has 0 atom stereocenters. The van der Waals surface area contributed by atoms with Crippen molar-refractivity contribution in [3.8, 4) is 0 Å². The molecule has 5 heteroatoms. The predicted octanol–water partition coefficient (Wildman–Crippen LogP) is 1.83. The molecule has 0 radical (unpaired) electrons. The molecule has 0 unspecified atom stereocenters. The highest BCUT2D eigenvalue weighted by molar-refractivity contribution is 5.69. The van der Waals surface area contributed by atoms with Crippen molar-refractivity contribution >= 4 is 6.21 Å². The van der Waals surface area contributed by atoms with E-state index in [2.05, 4.69) is 29.0 Å². The Bertz CT molecular complexity index is 379. The van der Waals surface area contributed by atoms with E-state index in [1.165, 1.54) is 19.3 Å². The molecule has 0 aromatic heterocycles. The van der Waals surface area contributed by atoms with Gasteiger partial charge < -0.3 is 9.94 Å². The summed E-state index contributed by atoms with van der Waals surface area (Å²) in [5, 5.41) is 8.95. The van der Waals surface area contributed by atoms with Crippen molar-refractivity contribution in [3.63, 3.8) is 0 Å². The minimum atomic E-state index is -0.525. The summed E-state index contributed by atoms with van der Waals surface area (Å²) < 4.78 is 5.51. The Kier molecular flexibility index (Phi) is 4.64. The normalized spacial score (nSPS) is 30.4. The maximum Gasteiger partial charge on any atom is 0.0723 e. The zero-order valence-corrected chi connectivity index (χ0v) is 12.9. The van der Waals surface area contributed by atoms with Gasteiger partial charge in [-0.15, -0.1) is 0 Å². The largest absolute Gasteiger partial charge is 0.381 e. The lowest BCUT2D eigenvalue weighted by atomic mass is 9.64. The highest BCUT2D eigenvalue weighted by Gasteiger charge is 2.47. The van der Waals surface area contributed by atoms with E-state index < -0.39 is 5.54 Å². The summed E-state index contributed by atoms with van der Waals surface area (Å²) in [6.07, 6.45) is 5.36. The van der Waals surface area contributed by atoms with E-state index in [9.17, 15) is 0 Å². The van der Waals surface area contributed by atoms with Gasteiger partial charge in [-0.05, 0) is 45.6 Å². The molecule has 0 amide bonds. The third kappa shape index (κ3) is 3.67. The van der Waals surface area contributed by atoms with Crippen LogP contribution in [-0.4, -0.2) is 54.7 Å². The van der Waals surface area contributed by atoms with Crippen LogP contribution in [0.2, 0.25) is 0 Å². The van der Waals surface area contributed by atoms with Crippen molar-refractivity contribution in [3.05, 3.63) is 12.3 Å². The number of rotatable bonds is 6. The molecule has 2 N–H and O–H groups in total. The maximum absolute atomic E-state index is 8.95. The van der Waals surface area contributed by atoms with Gasteiger partial charge >= 0.3 is 0 Å². The number of nitrogens with one attached hydrogen (secondary N) is 1. The molecule has 0 aromatic carbocycles. The summed E-state index contributed by atoms with van der Waals surface area (Å²) >= 11 is 0. The maximum atomic E-state index is 8.95. The summed E-state index contributed by atoms with van der Waals surface area (Å²) in [6, 6.07) is 0.618. The van der Waals surface area contributed by atoms with E-state index in [1.807, 2.05) is 13.8 Å². The van der Waals surface area contributed by atoms with Crippen molar-refractivity contribution in [2.24, 2.45) is 10.4 Å². The summed E-state index contributed by atoms with van der Waals surface area (Å²) in [4.78, 5) is 6.65. The Morgan fingerprint density at radius 2 is 2.30 bits per heavy atom. The van der Waals surface area contributed by atoms with Crippen molar-refractivity contribution < 1.29 is 9.94 Å². The summed E-state index contributed by atoms with van der Waals surface area (Å²) in [5.74, 6) is 0. The molecule has 2 rings (SSSR count). The number of hydrogen-bond donors (Lipinski definition) is 2. The van der Waals surface area contributed by atoms with E-state index >= 15 is 0 Å². The van der Waals surface area contributed by atoms with Crippen LogP contribution in [0.25, 0.3) is 0 Å². The van der Waals surface area contributed by atoms with Crippen molar-refractivity contribution in [2.75, 3.05) is 26.8 Å². The molecule has 2 aliphatic rings. The first-order valence-electron chi connectivity index (χ1n) is 7.28. The van der Waals surface area contributed by atoms with Crippen LogP contribution in [-0.2, 0) is 4.74 Å². The fraction of sp³-hybridized carbons (Fsp3) is 0.800. The summed E-state index contributed by atoms with van der Waals surface area (Å²) in [6.45, 7) is 10.3. The molecule has 0 aromatic rings. The monoisotopic (exact) mass is 281 g/mol. The van der Waals surface area contributed by atoms with Gasteiger partial charge in [-0.2, -0.15) is 5.48 Å². The molecule has 2 fully saturated rings. The Hall–Kier alpha value is -0.750. The average molecular weight is 281 g/mol. The summed E-state index contributed by atoms with van der Waals surface area (Å²) in [5.41, 5.74) is 2.97. The van der Waals surface area contributed by atoms with Crippen LogP contribution in [0.1, 0.15) is 33.1 Å². The smallest absolute Gasteiger partial charge is 0.0723 e. The van der Waals surface area contributed by atoms with Crippen LogP contribution in [0.4, 0.5) is 0 Å². The fourth-order valence-corrected chi connectivity index (χ4v) is 2.96. The fourth-order valence-electron chi connectivity index (χ4n) is 2.96. The highest BCUT2D eigenvalue weighted by atomic mass is 16.5.